The van der Waals surface area contributed by atoms with E-state index in [4.69, 9.17) is 16.7 Å². The molecule has 3 amide bonds. The Hall–Kier alpha value is -1.96. The van der Waals surface area contributed by atoms with Crippen molar-refractivity contribution in [2.45, 2.75) is 25.3 Å². The van der Waals surface area contributed by atoms with Crippen LogP contribution < -0.4 is 15.8 Å². The minimum atomic E-state index is -0.804. The van der Waals surface area contributed by atoms with Crippen LogP contribution in [0.25, 0.3) is 0 Å². The van der Waals surface area contributed by atoms with E-state index < -0.39 is 11.9 Å². The smallest absolute Gasteiger partial charge is 0.253 e. The maximum absolute atomic E-state index is 12.2. The highest BCUT2D eigenvalue weighted by Gasteiger charge is 2.39. The molecule has 0 aliphatic carbocycles. The number of aliphatic hydroxyl groups is 1. The normalized spacial score (nSPS) is 17.9. The fourth-order valence-electron chi connectivity index (χ4n) is 2.08. The van der Waals surface area contributed by atoms with Crippen molar-refractivity contribution in [3.63, 3.8) is 0 Å². The molecule has 0 bridgehead atoms. The molecule has 0 aromatic heterocycles. The predicted octanol–water partition coefficient (Wildman–Crippen LogP) is 0.365. The molecule has 1 heterocycles. The van der Waals surface area contributed by atoms with Gasteiger partial charge in [0.25, 0.3) is 5.91 Å². The molecule has 8 heteroatoms. The maximum atomic E-state index is 12.2. The summed E-state index contributed by atoms with van der Waals surface area (Å²) >= 11 is 5.78. The molecule has 7 nitrogen and oxygen atoms in total. The van der Waals surface area contributed by atoms with E-state index >= 15 is 0 Å². The summed E-state index contributed by atoms with van der Waals surface area (Å²) in [6.45, 7) is -0.0847. The van der Waals surface area contributed by atoms with Crippen LogP contribution >= 0.6 is 11.6 Å². The summed E-state index contributed by atoms with van der Waals surface area (Å²) in [5.41, 5.74) is 5.37. The molecule has 0 saturated carbocycles. The third-order valence-electron chi connectivity index (χ3n) is 3.18. The van der Waals surface area contributed by atoms with Gasteiger partial charge in [-0.3, -0.25) is 19.8 Å². The zero-order valence-electron chi connectivity index (χ0n) is 11.7. The Labute approximate surface area is 132 Å². The van der Waals surface area contributed by atoms with Gasteiger partial charge in [-0.05, 0) is 30.7 Å². The third kappa shape index (κ3) is 3.82. The van der Waals surface area contributed by atoms with E-state index in [1.807, 2.05) is 0 Å². The van der Waals surface area contributed by atoms with E-state index in [0.717, 1.165) is 4.90 Å². The summed E-state index contributed by atoms with van der Waals surface area (Å²) < 4.78 is 0. The van der Waals surface area contributed by atoms with Gasteiger partial charge in [0.05, 0.1) is 12.1 Å². The van der Waals surface area contributed by atoms with Crippen molar-refractivity contribution < 1.29 is 19.5 Å². The lowest BCUT2D eigenvalue weighted by Crippen LogP contribution is -2.48. The molecule has 1 unspecified atom stereocenters. The largest absolute Gasteiger partial charge is 0.396 e. The number of anilines is 1. The fourth-order valence-corrected chi connectivity index (χ4v) is 2.20. The van der Waals surface area contributed by atoms with Crippen molar-refractivity contribution in [2.24, 2.45) is 0 Å². The van der Waals surface area contributed by atoms with Crippen LogP contribution in [0, 0.1) is 0 Å². The van der Waals surface area contributed by atoms with Crippen molar-refractivity contribution in [2.75, 3.05) is 11.5 Å². The molecule has 0 spiro atoms. The molecule has 1 atom stereocenters. The molecule has 0 radical (unpaired) electrons. The summed E-state index contributed by atoms with van der Waals surface area (Å²) in [7, 11) is 0. The number of hydrogen-bond donors (Lipinski definition) is 3. The number of benzene rings is 1. The first-order valence-corrected chi connectivity index (χ1v) is 7.18. The first-order valence-electron chi connectivity index (χ1n) is 6.80. The number of amides is 3. The van der Waals surface area contributed by atoms with Gasteiger partial charge in [0.1, 0.15) is 6.04 Å². The van der Waals surface area contributed by atoms with Gasteiger partial charge in [-0.1, -0.05) is 11.6 Å². The number of imide groups is 1. The quantitative estimate of drug-likeness (QED) is 0.518. The van der Waals surface area contributed by atoms with Gasteiger partial charge in [0.15, 0.2) is 0 Å². The maximum Gasteiger partial charge on any atom is 0.253 e. The molecule has 1 aromatic rings. The summed E-state index contributed by atoms with van der Waals surface area (Å²) in [4.78, 5) is 36.7. The summed E-state index contributed by atoms with van der Waals surface area (Å²) in [5, 5.41) is 9.14. The molecular weight excluding hydrogens is 310 g/mol. The van der Waals surface area contributed by atoms with Crippen LogP contribution in [0.3, 0.4) is 0 Å². The lowest BCUT2D eigenvalue weighted by Gasteiger charge is -2.16. The topological polar surface area (TPSA) is 98.7 Å². The average molecular weight is 326 g/mol. The summed E-state index contributed by atoms with van der Waals surface area (Å²) in [6.07, 6.45) is 0.433. The van der Waals surface area contributed by atoms with E-state index in [0.29, 0.717) is 17.1 Å². The lowest BCUT2D eigenvalue weighted by molar-refractivity contribution is -0.123. The van der Waals surface area contributed by atoms with Crippen molar-refractivity contribution in [1.82, 2.24) is 10.9 Å². The van der Waals surface area contributed by atoms with Gasteiger partial charge < -0.3 is 5.11 Å². The molecule has 1 saturated heterocycles. The molecule has 2 rings (SSSR count). The van der Waals surface area contributed by atoms with E-state index in [-0.39, 0.29) is 31.3 Å². The summed E-state index contributed by atoms with van der Waals surface area (Å²) in [6, 6.07) is 5.55. The molecule has 1 aliphatic rings. The monoisotopic (exact) mass is 325 g/mol. The molecule has 3 N–H and O–H groups in total. The molecular formula is C14H16ClN3O4. The third-order valence-corrected chi connectivity index (χ3v) is 3.43. The first kappa shape index (κ1) is 16.4. The number of rotatable bonds is 6. The summed E-state index contributed by atoms with van der Waals surface area (Å²) in [5.74, 6) is -1.14. The highest BCUT2D eigenvalue weighted by molar-refractivity contribution is 6.30. The van der Waals surface area contributed by atoms with Crippen LogP contribution in [0.4, 0.5) is 5.69 Å². The first-order chi connectivity index (χ1) is 10.5. The van der Waals surface area contributed by atoms with E-state index in [1.165, 1.54) is 0 Å². The van der Waals surface area contributed by atoms with E-state index in [2.05, 4.69) is 10.9 Å². The Morgan fingerprint density at radius 2 is 2.00 bits per heavy atom. The zero-order chi connectivity index (χ0) is 16.1. The van der Waals surface area contributed by atoms with Crippen LogP contribution in [0.15, 0.2) is 24.3 Å². The zero-order valence-corrected chi connectivity index (χ0v) is 12.5. The van der Waals surface area contributed by atoms with Crippen molar-refractivity contribution in [3.8, 4) is 0 Å². The van der Waals surface area contributed by atoms with Gasteiger partial charge in [-0.25, -0.2) is 10.3 Å². The van der Waals surface area contributed by atoms with Crippen LogP contribution in [-0.2, 0) is 14.4 Å². The molecule has 118 valence electrons. The Morgan fingerprint density at radius 1 is 1.32 bits per heavy atom. The standard InChI is InChI=1S/C14H16ClN3O4/c15-9-3-5-10(6-4-9)18-13(21)8-11(14(18)22)16-17-12(20)2-1-7-19/h3-6,11,16,19H,1-2,7-8H2,(H,17,20). The van der Waals surface area contributed by atoms with Crippen molar-refractivity contribution in [3.05, 3.63) is 29.3 Å². The minimum Gasteiger partial charge on any atom is -0.396 e. The van der Waals surface area contributed by atoms with Crippen LogP contribution in [0.2, 0.25) is 5.02 Å². The van der Waals surface area contributed by atoms with Crippen molar-refractivity contribution in [1.29, 1.82) is 0 Å². The minimum absolute atomic E-state index is 0.0399. The van der Waals surface area contributed by atoms with Gasteiger partial charge in [0, 0.05) is 18.1 Å². The fraction of sp³-hybridized carbons (Fsp3) is 0.357. The highest BCUT2D eigenvalue weighted by atomic mass is 35.5. The highest BCUT2D eigenvalue weighted by Crippen LogP contribution is 2.24. The number of nitrogens with zero attached hydrogens (tertiary/aromatic N) is 1. The van der Waals surface area contributed by atoms with Gasteiger partial charge in [-0.2, -0.15) is 0 Å². The Kier molecular flexibility index (Phi) is 5.48. The van der Waals surface area contributed by atoms with Gasteiger partial charge >= 0.3 is 0 Å². The SMILES string of the molecule is O=C(CCCO)NNC1CC(=O)N(c2ccc(Cl)cc2)C1=O. The predicted molar refractivity (Wildman–Crippen MR) is 79.9 cm³/mol. The van der Waals surface area contributed by atoms with Crippen LogP contribution in [-0.4, -0.2) is 35.5 Å². The van der Waals surface area contributed by atoms with E-state index in [1.54, 1.807) is 24.3 Å². The number of halogens is 1. The Bertz CT molecular complexity index is 576. The molecule has 1 fully saturated rings. The van der Waals surface area contributed by atoms with Crippen LogP contribution in [0.5, 0.6) is 0 Å². The van der Waals surface area contributed by atoms with Gasteiger partial charge in [0.2, 0.25) is 11.8 Å². The molecule has 1 aliphatic heterocycles. The second-order valence-electron chi connectivity index (χ2n) is 4.82. The average Bonchev–Trinajstić information content (AvgIpc) is 2.78. The molecule has 22 heavy (non-hydrogen) atoms. The number of carbonyl (C=O) groups is 3. The Balaban J connectivity index is 1.97. The number of nitrogens with one attached hydrogen (secondary N) is 2. The van der Waals surface area contributed by atoms with Gasteiger partial charge in [-0.15, -0.1) is 0 Å². The number of aliphatic hydroxyl groups excluding tert-OH is 1. The van der Waals surface area contributed by atoms with Crippen molar-refractivity contribution >= 4 is 35.0 Å². The van der Waals surface area contributed by atoms with E-state index in [9.17, 15) is 14.4 Å². The number of hydrazine groups is 1. The second kappa shape index (κ2) is 7.35. The number of hydrogen-bond acceptors (Lipinski definition) is 5. The number of carbonyl (C=O) groups excluding carboxylic acids is 3. The Morgan fingerprint density at radius 3 is 2.64 bits per heavy atom. The second-order valence-corrected chi connectivity index (χ2v) is 5.26. The lowest BCUT2D eigenvalue weighted by atomic mass is 10.2. The van der Waals surface area contributed by atoms with Crippen LogP contribution in [0.1, 0.15) is 19.3 Å². The molecule has 1 aromatic carbocycles.